The van der Waals surface area contributed by atoms with Gasteiger partial charge < -0.3 is 14.8 Å². The van der Waals surface area contributed by atoms with Crippen molar-refractivity contribution < 1.29 is 14.3 Å². The molecule has 7 nitrogen and oxygen atoms in total. The summed E-state index contributed by atoms with van der Waals surface area (Å²) in [6, 6.07) is 29.3. The van der Waals surface area contributed by atoms with Crippen molar-refractivity contribution in [1.29, 1.82) is 5.26 Å². The third-order valence-electron chi connectivity index (χ3n) is 6.42. The van der Waals surface area contributed by atoms with E-state index in [1.165, 1.54) is 23.1 Å². The van der Waals surface area contributed by atoms with Gasteiger partial charge in [0.15, 0.2) is 5.13 Å². The van der Waals surface area contributed by atoms with Gasteiger partial charge in [-0.25, -0.2) is 9.97 Å². The van der Waals surface area contributed by atoms with Crippen LogP contribution < -0.4 is 14.8 Å². The van der Waals surface area contributed by atoms with E-state index in [9.17, 15) is 10.1 Å². The highest BCUT2D eigenvalue weighted by Crippen LogP contribution is 2.36. The lowest BCUT2D eigenvalue weighted by atomic mass is 9.99. The summed E-state index contributed by atoms with van der Waals surface area (Å²) in [7, 11) is 1.61. The van der Waals surface area contributed by atoms with Crippen LogP contribution in [0.5, 0.6) is 11.5 Å². The molecule has 3 aromatic carbocycles. The largest absolute Gasteiger partial charge is 0.497 e. The first-order chi connectivity index (χ1) is 20.5. The summed E-state index contributed by atoms with van der Waals surface area (Å²) in [5.74, 6) is 1.30. The van der Waals surface area contributed by atoms with Crippen LogP contribution in [-0.2, 0) is 4.79 Å². The fourth-order valence-electron chi connectivity index (χ4n) is 4.25. The van der Waals surface area contributed by atoms with Crippen molar-refractivity contribution in [3.8, 4) is 51.2 Å². The van der Waals surface area contributed by atoms with Crippen LogP contribution in [0.15, 0.2) is 95.3 Å². The van der Waals surface area contributed by atoms with Gasteiger partial charge in [0, 0.05) is 22.1 Å². The fraction of sp³-hybridized carbons (Fsp3) is 0.152. The van der Waals surface area contributed by atoms with Crippen molar-refractivity contribution in [3.63, 3.8) is 0 Å². The summed E-state index contributed by atoms with van der Waals surface area (Å²) in [5.41, 5.74) is 5.35. The molecule has 0 saturated heterocycles. The van der Waals surface area contributed by atoms with Crippen molar-refractivity contribution in [3.05, 3.63) is 95.9 Å². The zero-order valence-electron chi connectivity index (χ0n) is 23.3. The Balaban J connectivity index is 1.39. The lowest BCUT2D eigenvalue weighted by molar-refractivity contribution is -0.115. The van der Waals surface area contributed by atoms with Crippen LogP contribution in [0.25, 0.3) is 33.6 Å². The second-order valence-electron chi connectivity index (χ2n) is 9.19. The molecule has 0 radical (unpaired) electrons. The van der Waals surface area contributed by atoms with E-state index in [1.807, 2.05) is 97.2 Å². The molecule has 0 bridgehead atoms. The minimum Gasteiger partial charge on any atom is -0.497 e. The highest BCUT2D eigenvalue weighted by Gasteiger charge is 2.22. The Morgan fingerprint density at radius 1 is 0.952 bits per heavy atom. The maximum absolute atomic E-state index is 13.3. The molecular weight excluding hydrogens is 565 g/mol. The molecule has 5 aromatic rings. The summed E-state index contributed by atoms with van der Waals surface area (Å²) in [5, 5.41) is 15.5. The monoisotopic (exact) mass is 592 g/mol. The summed E-state index contributed by atoms with van der Waals surface area (Å²) in [6.07, 6.45) is 0. The fourth-order valence-corrected chi connectivity index (χ4v) is 5.90. The van der Waals surface area contributed by atoms with Gasteiger partial charge in [-0.3, -0.25) is 4.79 Å². The number of methoxy groups -OCH3 is 1. The summed E-state index contributed by atoms with van der Waals surface area (Å²) in [6.45, 7) is 4.35. The molecule has 1 atom stereocenters. The van der Waals surface area contributed by atoms with Crippen LogP contribution in [0.3, 0.4) is 0 Å². The number of benzene rings is 3. The third-order valence-corrected chi connectivity index (χ3v) is 8.27. The van der Waals surface area contributed by atoms with Gasteiger partial charge in [0.25, 0.3) is 0 Å². The molecule has 0 aliphatic heterocycles. The second-order valence-corrected chi connectivity index (χ2v) is 11.4. The Morgan fingerprint density at radius 2 is 1.62 bits per heavy atom. The minimum absolute atomic E-state index is 0.227. The lowest BCUT2D eigenvalue weighted by Crippen LogP contribution is -2.22. The number of nitrogens with zero attached hydrogens (tertiary/aromatic N) is 3. The molecule has 0 aliphatic rings. The molecule has 0 spiro atoms. The number of pyridine rings is 1. The Hall–Kier alpha value is -4.65. The molecule has 9 heteroatoms. The number of carbonyl (C=O) groups excluding carboxylic acids is 1. The number of amides is 1. The topological polar surface area (TPSA) is 97.1 Å². The summed E-state index contributed by atoms with van der Waals surface area (Å²) >= 11 is 2.61. The van der Waals surface area contributed by atoms with Crippen LogP contribution in [-0.4, -0.2) is 34.8 Å². The quantitative estimate of drug-likeness (QED) is 0.164. The van der Waals surface area contributed by atoms with E-state index in [-0.39, 0.29) is 5.91 Å². The van der Waals surface area contributed by atoms with Crippen molar-refractivity contribution >= 4 is 34.1 Å². The zero-order valence-corrected chi connectivity index (χ0v) is 25.0. The van der Waals surface area contributed by atoms with Crippen LogP contribution in [0, 0.1) is 11.3 Å². The maximum Gasteiger partial charge on any atom is 0.239 e. The molecule has 1 N–H and O–H groups in total. The highest BCUT2D eigenvalue weighted by atomic mass is 32.2. The predicted molar refractivity (Wildman–Crippen MR) is 169 cm³/mol. The summed E-state index contributed by atoms with van der Waals surface area (Å²) < 4.78 is 10.8. The molecule has 0 fully saturated rings. The van der Waals surface area contributed by atoms with Crippen LogP contribution in [0.2, 0.25) is 0 Å². The minimum atomic E-state index is -0.544. The number of ether oxygens (including phenoxy) is 2. The average molecular weight is 593 g/mol. The molecule has 1 amide bonds. The van der Waals surface area contributed by atoms with Gasteiger partial charge in [-0.1, -0.05) is 54.2 Å². The van der Waals surface area contributed by atoms with Crippen molar-refractivity contribution in [2.24, 2.45) is 0 Å². The Labute approximate surface area is 253 Å². The van der Waals surface area contributed by atoms with Gasteiger partial charge in [0.05, 0.1) is 35.9 Å². The van der Waals surface area contributed by atoms with Gasteiger partial charge in [0.1, 0.15) is 22.6 Å². The van der Waals surface area contributed by atoms with Gasteiger partial charge >= 0.3 is 0 Å². The van der Waals surface area contributed by atoms with Gasteiger partial charge in [-0.05, 0) is 61.9 Å². The van der Waals surface area contributed by atoms with Gasteiger partial charge in [0.2, 0.25) is 5.91 Å². The first-order valence-electron chi connectivity index (χ1n) is 13.3. The molecule has 1 unspecified atom stereocenters. The molecule has 210 valence electrons. The molecule has 2 heterocycles. The SMILES string of the molecule is CCOc1ccc(-c2csc(NC(=O)C(C)Sc3nc(-c4ccccc4)cc(-c4ccc(OC)cc4)c3C#N)n2)cc1. The van der Waals surface area contributed by atoms with Gasteiger partial charge in [-0.2, -0.15) is 5.26 Å². The zero-order chi connectivity index (χ0) is 29.5. The van der Waals surface area contributed by atoms with Crippen LogP contribution in [0.1, 0.15) is 19.4 Å². The number of nitriles is 1. The van der Waals surface area contributed by atoms with E-state index in [1.54, 1.807) is 14.0 Å². The number of thioether (sulfide) groups is 1. The van der Waals surface area contributed by atoms with E-state index in [4.69, 9.17) is 14.5 Å². The standard InChI is InChI=1S/C33H28N4O3S2/c1-4-40-26-16-12-24(13-17-26)30-20-41-33(36-30)37-31(38)21(2)42-32-28(19-34)27(22-10-14-25(39-3)15-11-22)18-29(35-32)23-8-6-5-7-9-23/h5-18,20-21H,4H2,1-3H3,(H,36,37,38). The number of carbonyl (C=O) groups is 1. The van der Waals surface area contributed by atoms with Crippen LogP contribution >= 0.6 is 23.1 Å². The molecule has 0 saturated carbocycles. The first-order valence-corrected chi connectivity index (χ1v) is 15.1. The maximum atomic E-state index is 13.3. The van der Waals surface area contributed by atoms with E-state index in [2.05, 4.69) is 16.4 Å². The smallest absolute Gasteiger partial charge is 0.239 e. The number of rotatable bonds is 10. The average Bonchev–Trinajstić information content (AvgIpc) is 3.50. The number of aromatic nitrogens is 2. The second kappa shape index (κ2) is 13.3. The normalized spacial score (nSPS) is 11.4. The number of hydrogen-bond acceptors (Lipinski definition) is 8. The van der Waals surface area contributed by atoms with Crippen molar-refractivity contribution in [1.82, 2.24) is 9.97 Å². The number of nitrogens with one attached hydrogen (secondary N) is 1. The van der Waals surface area contributed by atoms with Crippen LogP contribution in [0.4, 0.5) is 5.13 Å². The number of hydrogen-bond donors (Lipinski definition) is 1. The lowest BCUT2D eigenvalue weighted by Gasteiger charge is -2.15. The Morgan fingerprint density at radius 3 is 2.29 bits per heavy atom. The molecule has 2 aromatic heterocycles. The third kappa shape index (κ3) is 6.62. The molecule has 5 rings (SSSR count). The molecular formula is C33H28N4O3S2. The predicted octanol–water partition coefficient (Wildman–Crippen LogP) is 7.94. The van der Waals surface area contributed by atoms with Gasteiger partial charge in [-0.15, -0.1) is 11.3 Å². The Kier molecular flexibility index (Phi) is 9.17. The molecule has 42 heavy (non-hydrogen) atoms. The van der Waals surface area contributed by atoms with E-state index < -0.39 is 5.25 Å². The summed E-state index contributed by atoms with van der Waals surface area (Å²) in [4.78, 5) is 22.7. The van der Waals surface area contributed by atoms with E-state index >= 15 is 0 Å². The number of anilines is 1. The highest BCUT2D eigenvalue weighted by molar-refractivity contribution is 8.00. The molecule has 0 aliphatic carbocycles. The Bertz CT molecular complexity index is 1710. The van der Waals surface area contributed by atoms with Crippen molar-refractivity contribution in [2.75, 3.05) is 19.0 Å². The van der Waals surface area contributed by atoms with Crippen molar-refractivity contribution in [2.45, 2.75) is 24.1 Å². The first kappa shape index (κ1) is 28.9. The van der Waals surface area contributed by atoms with E-state index in [0.717, 1.165) is 45.1 Å². The van der Waals surface area contributed by atoms with E-state index in [0.29, 0.717) is 22.3 Å². The number of thiazole rings is 1.